The summed E-state index contributed by atoms with van der Waals surface area (Å²) in [7, 11) is 0. The number of nitrogens with zero attached hydrogens (tertiary/aromatic N) is 1. The summed E-state index contributed by atoms with van der Waals surface area (Å²) in [5.41, 5.74) is 9.40. The van der Waals surface area contributed by atoms with Gasteiger partial charge in [0.1, 0.15) is 0 Å². The fourth-order valence-electron chi connectivity index (χ4n) is 3.39. The topological polar surface area (TPSA) is 68.0 Å². The summed E-state index contributed by atoms with van der Waals surface area (Å²) in [4.78, 5) is 16.5. The normalized spacial score (nSPS) is 20.2. The molecule has 1 fully saturated rings. The van der Waals surface area contributed by atoms with Gasteiger partial charge in [0.25, 0.3) is 0 Å². The van der Waals surface area contributed by atoms with E-state index >= 15 is 0 Å². The van der Waals surface area contributed by atoms with E-state index in [1.165, 1.54) is 0 Å². The van der Waals surface area contributed by atoms with Crippen LogP contribution in [-0.2, 0) is 4.79 Å². The molecule has 1 heterocycles. The summed E-state index contributed by atoms with van der Waals surface area (Å²) >= 11 is 0. The molecule has 6 heteroatoms. The standard InChI is InChI=1S/C20H25N3O.2ClH/c1-14(23-20(24)18-3-2-4-19(21)13-18)15-5-7-16(8-6-15)17-9-11-22-12-10-17;;/h5-12,14,18-19H,2-4,13,21H2,1H3,(H,23,24);2*1H. The molecule has 0 radical (unpaired) electrons. The lowest BCUT2D eigenvalue weighted by Crippen LogP contribution is -2.38. The van der Waals surface area contributed by atoms with E-state index in [-0.39, 0.29) is 48.7 Å². The number of aromatic nitrogens is 1. The Bertz CT molecular complexity index is 679. The van der Waals surface area contributed by atoms with E-state index in [2.05, 4.69) is 34.6 Å². The second-order valence-electron chi connectivity index (χ2n) is 6.71. The lowest BCUT2D eigenvalue weighted by atomic mass is 9.85. The smallest absolute Gasteiger partial charge is 0.223 e. The summed E-state index contributed by atoms with van der Waals surface area (Å²) in [6, 6.07) is 12.5. The summed E-state index contributed by atoms with van der Waals surface area (Å²) in [5.74, 6) is 0.197. The van der Waals surface area contributed by atoms with Crippen LogP contribution in [0.15, 0.2) is 48.8 Å². The molecular formula is C20H27Cl2N3O. The van der Waals surface area contributed by atoms with Crippen LogP contribution in [0.3, 0.4) is 0 Å². The van der Waals surface area contributed by atoms with Crippen molar-refractivity contribution in [2.75, 3.05) is 0 Å². The van der Waals surface area contributed by atoms with E-state index < -0.39 is 0 Å². The van der Waals surface area contributed by atoms with Gasteiger partial charge < -0.3 is 11.1 Å². The molecule has 0 aliphatic heterocycles. The lowest BCUT2D eigenvalue weighted by Gasteiger charge is -2.27. The fourth-order valence-corrected chi connectivity index (χ4v) is 3.39. The lowest BCUT2D eigenvalue weighted by molar-refractivity contribution is -0.126. The van der Waals surface area contributed by atoms with Gasteiger partial charge in [-0.1, -0.05) is 30.7 Å². The number of nitrogens with one attached hydrogen (secondary N) is 1. The van der Waals surface area contributed by atoms with E-state index in [0.29, 0.717) is 0 Å². The third-order valence-corrected chi connectivity index (χ3v) is 4.87. The van der Waals surface area contributed by atoms with Crippen molar-refractivity contribution in [3.05, 3.63) is 54.4 Å². The molecule has 1 aromatic carbocycles. The van der Waals surface area contributed by atoms with Crippen LogP contribution in [0, 0.1) is 5.92 Å². The van der Waals surface area contributed by atoms with Gasteiger partial charge in [0.15, 0.2) is 0 Å². The zero-order valence-corrected chi connectivity index (χ0v) is 16.6. The molecule has 4 nitrogen and oxygen atoms in total. The number of rotatable bonds is 4. The van der Waals surface area contributed by atoms with Crippen molar-refractivity contribution >= 4 is 30.7 Å². The minimum Gasteiger partial charge on any atom is -0.349 e. The highest BCUT2D eigenvalue weighted by Crippen LogP contribution is 2.25. The highest BCUT2D eigenvalue weighted by molar-refractivity contribution is 5.85. The van der Waals surface area contributed by atoms with Crippen molar-refractivity contribution in [1.82, 2.24) is 10.3 Å². The Morgan fingerprint density at radius 1 is 1.08 bits per heavy atom. The quantitative estimate of drug-likeness (QED) is 0.810. The second kappa shape index (κ2) is 10.5. The fraction of sp³-hybridized carbons (Fsp3) is 0.400. The van der Waals surface area contributed by atoms with Gasteiger partial charge in [-0.25, -0.2) is 0 Å². The summed E-state index contributed by atoms with van der Waals surface area (Å²) in [5, 5.41) is 3.14. The molecule has 0 spiro atoms. The number of hydrogen-bond acceptors (Lipinski definition) is 3. The second-order valence-corrected chi connectivity index (χ2v) is 6.71. The number of carbonyl (C=O) groups excluding carboxylic acids is 1. The van der Waals surface area contributed by atoms with Crippen LogP contribution in [-0.4, -0.2) is 16.9 Å². The van der Waals surface area contributed by atoms with Gasteiger partial charge in [0.2, 0.25) is 5.91 Å². The van der Waals surface area contributed by atoms with Gasteiger partial charge in [-0.05, 0) is 55.0 Å². The molecule has 1 aromatic heterocycles. The predicted octanol–water partition coefficient (Wildman–Crippen LogP) is 4.29. The minimum absolute atomic E-state index is 0. The zero-order chi connectivity index (χ0) is 16.9. The molecule has 1 saturated carbocycles. The van der Waals surface area contributed by atoms with Crippen LogP contribution >= 0.6 is 24.8 Å². The van der Waals surface area contributed by atoms with Crippen LogP contribution in [0.5, 0.6) is 0 Å². The number of amides is 1. The summed E-state index contributed by atoms with van der Waals surface area (Å²) in [6.07, 6.45) is 7.43. The van der Waals surface area contributed by atoms with Gasteiger partial charge in [-0.2, -0.15) is 0 Å². The Morgan fingerprint density at radius 3 is 2.31 bits per heavy atom. The zero-order valence-electron chi connectivity index (χ0n) is 14.9. The molecule has 1 aliphatic rings. The van der Waals surface area contributed by atoms with Crippen molar-refractivity contribution in [2.45, 2.75) is 44.7 Å². The Balaban J connectivity index is 0.00000169. The van der Waals surface area contributed by atoms with Crippen molar-refractivity contribution in [1.29, 1.82) is 0 Å². The van der Waals surface area contributed by atoms with E-state index in [1.54, 1.807) is 12.4 Å². The van der Waals surface area contributed by atoms with Crippen molar-refractivity contribution in [3.63, 3.8) is 0 Å². The van der Waals surface area contributed by atoms with Crippen molar-refractivity contribution < 1.29 is 4.79 Å². The van der Waals surface area contributed by atoms with E-state index in [4.69, 9.17) is 5.73 Å². The Morgan fingerprint density at radius 2 is 1.69 bits per heavy atom. The van der Waals surface area contributed by atoms with Gasteiger partial charge in [-0.3, -0.25) is 9.78 Å². The molecule has 2 aromatic rings. The van der Waals surface area contributed by atoms with Crippen LogP contribution in [0.1, 0.15) is 44.2 Å². The number of hydrogen-bond donors (Lipinski definition) is 2. The maximum atomic E-state index is 12.4. The maximum Gasteiger partial charge on any atom is 0.223 e. The number of benzene rings is 1. The van der Waals surface area contributed by atoms with Gasteiger partial charge in [0, 0.05) is 24.4 Å². The first kappa shape index (κ1) is 22.4. The van der Waals surface area contributed by atoms with Gasteiger partial charge in [-0.15, -0.1) is 24.8 Å². The highest BCUT2D eigenvalue weighted by Gasteiger charge is 2.26. The molecule has 0 saturated heterocycles. The largest absolute Gasteiger partial charge is 0.349 e. The highest BCUT2D eigenvalue weighted by atomic mass is 35.5. The molecule has 3 rings (SSSR count). The van der Waals surface area contributed by atoms with Crippen molar-refractivity contribution in [3.8, 4) is 11.1 Å². The van der Waals surface area contributed by atoms with Crippen LogP contribution in [0.25, 0.3) is 11.1 Å². The monoisotopic (exact) mass is 395 g/mol. The summed E-state index contributed by atoms with van der Waals surface area (Å²) < 4.78 is 0. The number of pyridine rings is 1. The molecule has 3 atom stereocenters. The number of halogens is 2. The third kappa shape index (κ3) is 5.70. The van der Waals surface area contributed by atoms with E-state index in [9.17, 15) is 4.79 Å². The van der Waals surface area contributed by atoms with Crippen LogP contribution in [0.2, 0.25) is 0 Å². The van der Waals surface area contributed by atoms with Crippen LogP contribution in [0.4, 0.5) is 0 Å². The maximum absolute atomic E-state index is 12.4. The Labute approximate surface area is 167 Å². The number of carbonyl (C=O) groups is 1. The molecule has 142 valence electrons. The van der Waals surface area contributed by atoms with Crippen molar-refractivity contribution in [2.24, 2.45) is 11.7 Å². The first-order chi connectivity index (χ1) is 11.6. The molecule has 0 bridgehead atoms. The molecule has 1 amide bonds. The average molecular weight is 396 g/mol. The SMILES string of the molecule is CC(NC(=O)C1CCCC(N)C1)c1ccc(-c2ccncc2)cc1.Cl.Cl. The molecular weight excluding hydrogens is 369 g/mol. The molecule has 26 heavy (non-hydrogen) atoms. The third-order valence-electron chi connectivity index (χ3n) is 4.87. The Hall–Kier alpha value is -1.62. The molecule has 1 aliphatic carbocycles. The summed E-state index contributed by atoms with van der Waals surface area (Å²) in [6.45, 7) is 2.03. The van der Waals surface area contributed by atoms with Gasteiger partial charge in [0.05, 0.1) is 6.04 Å². The van der Waals surface area contributed by atoms with E-state index in [1.807, 2.05) is 19.1 Å². The number of nitrogens with two attached hydrogens (primary N) is 1. The van der Waals surface area contributed by atoms with Crippen LogP contribution < -0.4 is 11.1 Å². The molecule has 3 unspecified atom stereocenters. The Kier molecular flexibility index (Phi) is 9.06. The average Bonchev–Trinajstić information content (AvgIpc) is 2.62. The van der Waals surface area contributed by atoms with E-state index in [0.717, 1.165) is 42.4 Å². The van der Waals surface area contributed by atoms with Gasteiger partial charge >= 0.3 is 0 Å². The first-order valence-electron chi connectivity index (χ1n) is 8.70. The predicted molar refractivity (Wildman–Crippen MR) is 111 cm³/mol. The molecule has 3 N–H and O–H groups in total. The first-order valence-corrected chi connectivity index (χ1v) is 8.70. The minimum atomic E-state index is 0.